The van der Waals surface area contributed by atoms with Crippen LogP contribution in [0.1, 0.15) is 52.4 Å². The first kappa shape index (κ1) is 20.8. The molecule has 3 aliphatic heterocycles. The van der Waals surface area contributed by atoms with E-state index in [-0.39, 0.29) is 30.2 Å². The van der Waals surface area contributed by atoms with Crippen molar-refractivity contribution >= 4 is 17.7 Å². The average Bonchev–Trinajstić information content (AvgIpc) is 2.97. The molecule has 2 aromatic rings. The van der Waals surface area contributed by atoms with Gasteiger partial charge in [0.25, 0.3) is 5.91 Å². The van der Waals surface area contributed by atoms with Gasteiger partial charge in [-0.15, -0.1) is 0 Å². The Labute approximate surface area is 187 Å². The Bertz CT molecular complexity index is 1040. The molecular formula is C25H28N4O3. The maximum Gasteiger partial charge on any atom is 0.255 e. The van der Waals surface area contributed by atoms with Crippen molar-refractivity contribution in [2.24, 2.45) is 0 Å². The normalized spacial score (nSPS) is 24.2. The van der Waals surface area contributed by atoms with Gasteiger partial charge in [-0.05, 0) is 36.1 Å². The Morgan fingerprint density at radius 2 is 1.81 bits per heavy atom. The van der Waals surface area contributed by atoms with Crippen molar-refractivity contribution in [3.63, 3.8) is 0 Å². The van der Waals surface area contributed by atoms with Crippen molar-refractivity contribution in [3.8, 4) is 0 Å². The lowest BCUT2D eigenvalue weighted by Gasteiger charge is -2.31. The molecule has 3 heterocycles. The van der Waals surface area contributed by atoms with Crippen LogP contribution in [0.15, 0.2) is 48.5 Å². The van der Waals surface area contributed by atoms with Crippen LogP contribution in [0.3, 0.4) is 0 Å². The second-order valence-corrected chi connectivity index (χ2v) is 8.81. The van der Waals surface area contributed by atoms with Crippen LogP contribution < -0.4 is 10.6 Å². The molecule has 3 amide bonds. The number of piperidine rings is 1. The topological polar surface area (TPSA) is 81.8 Å². The maximum atomic E-state index is 13.4. The van der Waals surface area contributed by atoms with Crippen LogP contribution >= 0.6 is 0 Å². The molecule has 2 saturated heterocycles. The minimum atomic E-state index is -0.583. The number of imide groups is 1. The van der Waals surface area contributed by atoms with Crippen molar-refractivity contribution in [3.05, 3.63) is 70.8 Å². The van der Waals surface area contributed by atoms with Gasteiger partial charge in [0.05, 0.1) is 0 Å². The van der Waals surface area contributed by atoms with Gasteiger partial charge in [0.2, 0.25) is 11.8 Å². The SMILES string of the molecule is O=C1CCC(N2Cc3cccc(CN4CCCNCC4c4ccccc4)c3C2=O)C(=O)N1. The van der Waals surface area contributed by atoms with E-state index in [0.717, 1.165) is 42.7 Å². The first-order valence-electron chi connectivity index (χ1n) is 11.4. The highest BCUT2D eigenvalue weighted by molar-refractivity contribution is 6.06. The van der Waals surface area contributed by atoms with Gasteiger partial charge in [0.1, 0.15) is 6.04 Å². The summed E-state index contributed by atoms with van der Waals surface area (Å²) >= 11 is 0. The molecule has 5 rings (SSSR count). The minimum absolute atomic E-state index is 0.102. The van der Waals surface area contributed by atoms with Gasteiger partial charge in [-0.2, -0.15) is 0 Å². The average molecular weight is 433 g/mol. The molecular weight excluding hydrogens is 404 g/mol. The van der Waals surface area contributed by atoms with Crippen LogP contribution in [0, 0.1) is 0 Å². The van der Waals surface area contributed by atoms with Crippen LogP contribution in [-0.4, -0.2) is 53.2 Å². The number of benzene rings is 2. The summed E-state index contributed by atoms with van der Waals surface area (Å²) in [5.41, 5.74) is 3.96. The molecule has 32 heavy (non-hydrogen) atoms. The van der Waals surface area contributed by atoms with E-state index in [9.17, 15) is 14.4 Å². The molecule has 2 N–H and O–H groups in total. The third-order valence-corrected chi connectivity index (χ3v) is 6.77. The smallest absolute Gasteiger partial charge is 0.255 e. The Morgan fingerprint density at radius 3 is 2.62 bits per heavy atom. The molecule has 0 aliphatic carbocycles. The zero-order valence-electron chi connectivity index (χ0n) is 18.0. The number of carbonyl (C=O) groups is 3. The maximum absolute atomic E-state index is 13.4. The molecule has 2 atom stereocenters. The molecule has 3 aliphatic rings. The lowest BCUT2D eigenvalue weighted by Crippen LogP contribution is -2.52. The number of nitrogens with zero attached hydrogens (tertiary/aromatic N) is 2. The van der Waals surface area contributed by atoms with E-state index in [4.69, 9.17) is 0 Å². The second kappa shape index (κ2) is 8.84. The Morgan fingerprint density at radius 1 is 0.969 bits per heavy atom. The molecule has 0 radical (unpaired) electrons. The van der Waals surface area contributed by atoms with E-state index >= 15 is 0 Å². The summed E-state index contributed by atoms with van der Waals surface area (Å²) < 4.78 is 0. The molecule has 7 nitrogen and oxygen atoms in total. The Kier molecular flexibility index (Phi) is 5.76. The monoisotopic (exact) mass is 432 g/mol. The molecule has 2 unspecified atom stereocenters. The third kappa shape index (κ3) is 3.94. The standard InChI is InChI=1S/C25H28N4O3/c30-22-11-10-20(24(31)27-22)29-16-19-9-4-8-18(23(19)25(29)32)15-28-13-5-12-26-14-21(28)17-6-2-1-3-7-17/h1-4,6-9,20-21,26H,5,10-16H2,(H,27,30,31). The Balaban J connectivity index is 1.41. The number of hydrogen-bond acceptors (Lipinski definition) is 5. The fourth-order valence-electron chi connectivity index (χ4n) is 5.16. The predicted molar refractivity (Wildman–Crippen MR) is 120 cm³/mol. The molecule has 166 valence electrons. The van der Waals surface area contributed by atoms with E-state index in [1.807, 2.05) is 24.3 Å². The summed E-state index contributed by atoms with van der Waals surface area (Å²) in [7, 11) is 0. The summed E-state index contributed by atoms with van der Waals surface area (Å²) in [5, 5.41) is 5.92. The number of fused-ring (bicyclic) bond motifs is 1. The fraction of sp³-hybridized carbons (Fsp3) is 0.400. The van der Waals surface area contributed by atoms with Gasteiger partial charge in [0.15, 0.2) is 0 Å². The Hall–Kier alpha value is -3.03. The third-order valence-electron chi connectivity index (χ3n) is 6.77. The minimum Gasteiger partial charge on any atom is -0.322 e. The summed E-state index contributed by atoms with van der Waals surface area (Å²) in [6.07, 6.45) is 1.70. The largest absolute Gasteiger partial charge is 0.322 e. The molecule has 0 saturated carbocycles. The van der Waals surface area contributed by atoms with Crippen molar-refractivity contribution < 1.29 is 14.4 Å². The lowest BCUT2D eigenvalue weighted by molar-refractivity contribution is -0.136. The highest BCUT2D eigenvalue weighted by Crippen LogP contribution is 2.32. The number of amides is 3. The number of hydrogen-bond donors (Lipinski definition) is 2. The van der Waals surface area contributed by atoms with E-state index in [1.54, 1.807) is 4.90 Å². The molecule has 2 fully saturated rings. The van der Waals surface area contributed by atoms with E-state index in [1.165, 1.54) is 5.56 Å². The van der Waals surface area contributed by atoms with Gasteiger partial charge in [0, 0.05) is 44.2 Å². The fourth-order valence-corrected chi connectivity index (χ4v) is 5.16. The number of nitrogens with one attached hydrogen (secondary N) is 2. The summed E-state index contributed by atoms with van der Waals surface area (Å²) in [4.78, 5) is 41.4. The van der Waals surface area contributed by atoms with Crippen molar-refractivity contribution in [1.29, 1.82) is 0 Å². The van der Waals surface area contributed by atoms with Gasteiger partial charge < -0.3 is 10.2 Å². The second-order valence-electron chi connectivity index (χ2n) is 8.81. The zero-order valence-corrected chi connectivity index (χ0v) is 18.0. The van der Waals surface area contributed by atoms with Crippen LogP contribution in [0.4, 0.5) is 0 Å². The first-order valence-corrected chi connectivity index (χ1v) is 11.4. The summed E-state index contributed by atoms with van der Waals surface area (Å²) in [5.74, 6) is -0.737. The van der Waals surface area contributed by atoms with Crippen LogP contribution in [0.2, 0.25) is 0 Å². The van der Waals surface area contributed by atoms with Crippen molar-refractivity contribution in [2.75, 3.05) is 19.6 Å². The highest BCUT2D eigenvalue weighted by atomic mass is 16.2. The molecule has 0 bridgehead atoms. The van der Waals surface area contributed by atoms with Crippen molar-refractivity contribution in [2.45, 2.75) is 44.4 Å². The summed E-state index contributed by atoms with van der Waals surface area (Å²) in [6.45, 7) is 3.89. The van der Waals surface area contributed by atoms with Crippen molar-refractivity contribution in [1.82, 2.24) is 20.4 Å². The van der Waals surface area contributed by atoms with Crippen LogP contribution in [-0.2, 0) is 22.7 Å². The number of carbonyl (C=O) groups excluding carboxylic acids is 3. The lowest BCUT2D eigenvalue weighted by atomic mass is 10.00. The quantitative estimate of drug-likeness (QED) is 0.722. The molecule has 7 heteroatoms. The first-order chi connectivity index (χ1) is 15.6. The van der Waals surface area contributed by atoms with Crippen LogP contribution in [0.5, 0.6) is 0 Å². The highest BCUT2D eigenvalue weighted by Gasteiger charge is 2.40. The number of rotatable bonds is 4. The van der Waals surface area contributed by atoms with Crippen LogP contribution in [0.25, 0.3) is 0 Å². The van der Waals surface area contributed by atoms with Gasteiger partial charge in [-0.1, -0.05) is 48.5 Å². The predicted octanol–water partition coefficient (Wildman–Crippen LogP) is 1.98. The van der Waals surface area contributed by atoms with E-state index < -0.39 is 6.04 Å². The van der Waals surface area contributed by atoms with E-state index in [2.05, 4.69) is 39.8 Å². The zero-order chi connectivity index (χ0) is 22.1. The summed E-state index contributed by atoms with van der Waals surface area (Å²) in [6, 6.07) is 16.2. The van der Waals surface area contributed by atoms with Gasteiger partial charge in [-0.3, -0.25) is 24.6 Å². The molecule has 0 aromatic heterocycles. The van der Waals surface area contributed by atoms with Gasteiger partial charge >= 0.3 is 0 Å². The molecule has 0 spiro atoms. The van der Waals surface area contributed by atoms with Gasteiger partial charge in [-0.25, -0.2) is 0 Å². The molecule has 2 aromatic carbocycles. The van der Waals surface area contributed by atoms with E-state index in [0.29, 0.717) is 19.5 Å².